The molecule has 9 atom stereocenters. The van der Waals surface area contributed by atoms with Crippen LogP contribution in [0.2, 0.25) is 0 Å². The van der Waals surface area contributed by atoms with Crippen LogP contribution in [0.25, 0.3) is 16.8 Å². The number of amides is 2. The van der Waals surface area contributed by atoms with Crippen LogP contribution in [-0.4, -0.2) is 143 Å². The zero-order valence-corrected chi connectivity index (χ0v) is 46.3. The summed E-state index contributed by atoms with van der Waals surface area (Å²) in [6.45, 7) is 7.46. The highest BCUT2D eigenvalue weighted by Crippen LogP contribution is 2.55. The summed E-state index contributed by atoms with van der Waals surface area (Å²) in [5.74, 6) is 0.997. The van der Waals surface area contributed by atoms with Gasteiger partial charge in [-0.3, -0.25) is 24.5 Å². The number of hydrogen-bond donors (Lipinski definition) is 10. The molecule has 6 aliphatic rings. The van der Waals surface area contributed by atoms with E-state index in [1.54, 1.807) is 34.1 Å². The van der Waals surface area contributed by atoms with Crippen molar-refractivity contribution in [3.8, 4) is 11.3 Å². The molecule has 2 aromatic carbocycles. The number of nitrogens with zero attached hydrogens (tertiary/aromatic N) is 6. The molecule has 0 radical (unpaired) electrons. The molecule has 1 saturated heterocycles. The van der Waals surface area contributed by atoms with Gasteiger partial charge < -0.3 is 51.5 Å². The van der Waals surface area contributed by atoms with Crippen molar-refractivity contribution < 1.29 is 40.2 Å². The summed E-state index contributed by atoms with van der Waals surface area (Å²) >= 11 is 0. The molecule has 0 spiro atoms. The Labute approximate surface area is 469 Å². The summed E-state index contributed by atoms with van der Waals surface area (Å²) in [6, 6.07) is 21.9. The van der Waals surface area contributed by atoms with E-state index in [1.165, 1.54) is 11.6 Å². The summed E-state index contributed by atoms with van der Waals surface area (Å²) in [6.07, 6.45) is 16.3. The third-order valence-electron chi connectivity index (χ3n) is 17.3. The number of piperidine rings is 1. The van der Waals surface area contributed by atoms with Crippen molar-refractivity contribution in [3.05, 3.63) is 137 Å². The maximum absolute atomic E-state index is 13.5. The van der Waals surface area contributed by atoms with Gasteiger partial charge in [0.05, 0.1) is 41.8 Å². The number of β-amino-alcohol motifs (C(OH)–C–C–N with tert-alkyl or cyclic N) is 1. The van der Waals surface area contributed by atoms with Gasteiger partial charge in [-0.2, -0.15) is 5.10 Å². The van der Waals surface area contributed by atoms with Crippen LogP contribution in [0.15, 0.2) is 114 Å². The summed E-state index contributed by atoms with van der Waals surface area (Å²) in [7, 11) is 1.83. The first kappa shape index (κ1) is 57.1. The van der Waals surface area contributed by atoms with Crippen LogP contribution in [-0.2, 0) is 23.2 Å². The number of anilines is 1. The summed E-state index contributed by atoms with van der Waals surface area (Å²) < 4.78 is 1.72. The summed E-state index contributed by atoms with van der Waals surface area (Å²) in [4.78, 5) is 39.3. The summed E-state index contributed by atoms with van der Waals surface area (Å²) in [5.41, 5.74) is 6.57. The van der Waals surface area contributed by atoms with Crippen LogP contribution < -0.4 is 21.3 Å². The zero-order valence-electron chi connectivity index (χ0n) is 46.3. The number of allylic oxidation sites excluding steroid dienone is 5. The Morgan fingerprint density at radius 3 is 2.31 bits per heavy atom. The molecule has 18 nitrogen and oxygen atoms in total. The lowest BCUT2D eigenvalue weighted by Crippen LogP contribution is -2.53. The molecule has 0 bridgehead atoms. The Kier molecular flexibility index (Phi) is 17.8. The number of aromatic nitrogens is 3. The third-order valence-corrected chi connectivity index (χ3v) is 17.3. The lowest BCUT2D eigenvalue weighted by Gasteiger charge is -2.43. The Morgan fingerprint density at radius 2 is 1.57 bits per heavy atom. The third kappa shape index (κ3) is 13.1. The minimum absolute atomic E-state index is 0.0490. The average Bonchev–Trinajstić information content (AvgIpc) is 4.47. The lowest BCUT2D eigenvalue weighted by atomic mass is 9.88. The van der Waals surface area contributed by atoms with E-state index >= 15 is 0 Å². The molecule has 4 aromatic rings. The molecule has 8 unspecified atom stereocenters. The second kappa shape index (κ2) is 24.9. The number of unbranched alkanes of at least 4 members (excludes halogenated alkanes) is 4. The Morgan fingerprint density at radius 1 is 0.838 bits per heavy atom. The Bertz CT molecular complexity index is 2980. The number of aryl methyl sites for hydroxylation is 2. The highest BCUT2D eigenvalue weighted by Gasteiger charge is 2.54. The molecule has 2 saturated carbocycles. The van der Waals surface area contributed by atoms with Crippen LogP contribution in [0.5, 0.6) is 0 Å². The van der Waals surface area contributed by atoms with Crippen LogP contribution >= 0.6 is 0 Å². The van der Waals surface area contributed by atoms with Crippen molar-refractivity contribution in [1.29, 1.82) is 0 Å². The van der Waals surface area contributed by atoms with Crippen LogP contribution in [0.1, 0.15) is 111 Å². The first-order valence-corrected chi connectivity index (χ1v) is 28.8. The van der Waals surface area contributed by atoms with Gasteiger partial charge in [0.15, 0.2) is 6.23 Å². The first-order valence-electron chi connectivity index (χ1n) is 28.8. The first-order chi connectivity index (χ1) is 38.6. The van der Waals surface area contributed by atoms with Crippen molar-refractivity contribution in [1.82, 2.24) is 40.5 Å². The number of carbonyl (C=O) groups is 2. The fourth-order valence-electron chi connectivity index (χ4n) is 12.1. The highest BCUT2D eigenvalue weighted by atomic mass is 16.3. The van der Waals surface area contributed by atoms with E-state index in [9.17, 15) is 40.2 Å². The van der Waals surface area contributed by atoms with Crippen molar-refractivity contribution in [3.63, 3.8) is 0 Å². The number of hydrogen-bond acceptors (Lipinski definition) is 15. The molecule has 4 heterocycles. The fraction of sp³-hybridized carbons (Fsp3) is 0.500. The van der Waals surface area contributed by atoms with Gasteiger partial charge in [0.1, 0.15) is 41.9 Å². The van der Waals surface area contributed by atoms with Crippen LogP contribution in [0, 0.1) is 30.1 Å². The van der Waals surface area contributed by atoms with Gasteiger partial charge in [-0.25, -0.2) is 9.98 Å². The Hall–Kier alpha value is -6.19. The van der Waals surface area contributed by atoms with Crippen LogP contribution in [0.3, 0.4) is 0 Å². The average molecular weight is 1090 g/mol. The number of rotatable bonds is 25. The number of nitrogens with one attached hydrogen (secondary N) is 4. The van der Waals surface area contributed by atoms with E-state index in [-0.39, 0.29) is 48.6 Å². The molecule has 2 amide bonds. The lowest BCUT2D eigenvalue weighted by molar-refractivity contribution is -0.120. The number of aliphatic hydroxyl groups excluding tert-OH is 5. The largest absolute Gasteiger partial charge is 0.388 e. The number of likely N-dealkylation sites (tertiary alicyclic amines) is 1. The van der Waals surface area contributed by atoms with E-state index < -0.39 is 41.9 Å². The SMILES string of the molecule is Cc1ccc(NC(=O)C2(C3=CC(O)C(O)C=C3)CC2)nc1C1=CC2C(C=C1)C2C(O)NCCCCCCCNC(=O)CNCc1ccc(-c2c3c(nn2C)C(O)N(CC2(O)CCN(C(O)C[C@@H](C)c4ccccc4)CC2)C=N3)cc1. The molecule has 10 rings (SSSR count). The van der Waals surface area contributed by atoms with Gasteiger partial charge >= 0.3 is 0 Å². The molecule has 4 aliphatic carbocycles. The number of fused-ring (bicyclic) bond motifs is 2. The smallest absolute Gasteiger partial charge is 0.236 e. The van der Waals surface area contributed by atoms with Crippen molar-refractivity contribution in [2.75, 3.05) is 44.6 Å². The molecular weight excluding hydrogens is 1010 g/mol. The molecule has 18 heteroatoms. The van der Waals surface area contributed by atoms with E-state index in [1.807, 2.05) is 67.4 Å². The van der Waals surface area contributed by atoms with Gasteiger partial charge in [0.25, 0.3) is 0 Å². The zero-order chi connectivity index (χ0) is 56.1. The topological polar surface area (TPSA) is 253 Å². The van der Waals surface area contributed by atoms with Gasteiger partial charge in [-0.15, -0.1) is 0 Å². The van der Waals surface area contributed by atoms with Crippen LogP contribution in [0.4, 0.5) is 11.5 Å². The van der Waals surface area contributed by atoms with E-state index in [2.05, 4.69) is 63.7 Å². The fourth-order valence-corrected chi connectivity index (χ4v) is 12.1. The normalized spacial score (nSPS) is 24.5. The van der Waals surface area contributed by atoms with E-state index in [0.29, 0.717) is 75.5 Å². The van der Waals surface area contributed by atoms with Gasteiger partial charge in [0, 0.05) is 44.7 Å². The second-order valence-corrected chi connectivity index (χ2v) is 23.2. The predicted molar refractivity (Wildman–Crippen MR) is 308 cm³/mol. The number of aliphatic imine (C=N–C) groups is 1. The maximum Gasteiger partial charge on any atom is 0.236 e. The molecule has 426 valence electrons. The van der Waals surface area contributed by atoms with Crippen molar-refractivity contribution in [2.45, 2.75) is 127 Å². The van der Waals surface area contributed by atoms with Gasteiger partial charge in [-0.1, -0.05) is 117 Å². The molecule has 2 aromatic heterocycles. The maximum atomic E-state index is 13.5. The van der Waals surface area contributed by atoms with E-state index in [0.717, 1.165) is 77.9 Å². The summed E-state index contributed by atoms with van der Waals surface area (Å²) in [5, 5.41) is 82.5. The second-order valence-electron chi connectivity index (χ2n) is 23.2. The van der Waals surface area contributed by atoms with E-state index in [4.69, 9.17) is 9.98 Å². The molecular formula is C62H80N10O8. The van der Waals surface area contributed by atoms with Gasteiger partial charge in [0.2, 0.25) is 11.8 Å². The monoisotopic (exact) mass is 1090 g/mol. The predicted octanol–water partition coefficient (Wildman–Crippen LogP) is 5.61. The highest BCUT2D eigenvalue weighted by molar-refractivity contribution is 5.99. The quantitative estimate of drug-likeness (QED) is 0.0286. The molecule has 3 fully saturated rings. The molecule has 80 heavy (non-hydrogen) atoms. The van der Waals surface area contributed by atoms with Crippen molar-refractivity contribution >= 4 is 35.2 Å². The molecule has 10 N–H and O–H groups in total. The number of aliphatic hydroxyl groups is 6. The Balaban J connectivity index is 0.580. The minimum atomic E-state index is -1.08. The van der Waals surface area contributed by atoms with Crippen molar-refractivity contribution in [2.24, 2.45) is 35.2 Å². The number of benzene rings is 2. The minimum Gasteiger partial charge on any atom is -0.388 e. The number of pyridine rings is 1. The molecule has 2 aliphatic heterocycles. The van der Waals surface area contributed by atoms with Gasteiger partial charge in [-0.05, 0) is 116 Å². The number of carbonyl (C=O) groups excluding carboxylic acids is 2. The standard InChI is InChI=1S/C62H80N10O8/c1-39-14-23-50(68-60(79)62(24-25-62)45-20-22-48(73)49(74)34-45)67-54(39)44-19-21-46-47(33-44)53(46)58(77)65-29-11-6-4-5-10-28-64-51(75)36-63-35-41-15-17-43(18-16-41)57-55-56(69-70(57)3)59(78)72(38-66-55)37-61(80)26-30-71(31-27-61)52(76)32-40(2)42-12-8-7-9-13-42/h7-9,12-23,33-34,38,40,46-49,52-53,58-59,63,65,73-74,76-78,80H,4-6,10-11,24-32,35-37H2,1-3H3,(H,64,75)(H,67,68,79)/t40-,46?,47?,48?,49?,52?,53?,58?,59?/m1/s1.